The van der Waals surface area contributed by atoms with E-state index in [2.05, 4.69) is 29.3 Å². The molecule has 0 spiro atoms. The van der Waals surface area contributed by atoms with Crippen LogP contribution in [-0.4, -0.2) is 47.9 Å². The minimum Gasteiger partial charge on any atom is -0.321 e. The van der Waals surface area contributed by atoms with E-state index in [9.17, 15) is 4.79 Å². The van der Waals surface area contributed by atoms with Gasteiger partial charge >= 0.3 is 0 Å². The molecule has 2 fully saturated rings. The van der Waals surface area contributed by atoms with Crippen LogP contribution >= 0.6 is 0 Å². The van der Waals surface area contributed by atoms with E-state index in [1.54, 1.807) is 0 Å². The van der Waals surface area contributed by atoms with Crippen molar-refractivity contribution < 1.29 is 4.79 Å². The molecule has 3 atom stereocenters. The molecule has 1 amide bonds. The Labute approximate surface area is 127 Å². The molecule has 1 aromatic rings. The van der Waals surface area contributed by atoms with Gasteiger partial charge in [-0.05, 0) is 37.9 Å². The normalized spacial score (nSPS) is 30.3. The molecule has 2 saturated heterocycles. The molecule has 2 heterocycles. The maximum Gasteiger partial charge on any atom is 0.241 e. The molecule has 2 aliphatic rings. The summed E-state index contributed by atoms with van der Waals surface area (Å²) in [5.41, 5.74) is 1.18. The zero-order valence-electron chi connectivity index (χ0n) is 13.0. The van der Waals surface area contributed by atoms with Gasteiger partial charge in [0.05, 0.1) is 6.04 Å². The molecule has 114 valence electrons. The van der Waals surface area contributed by atoms with Crippen molar-refractivity contribution in [3.05, 3.63) is 35.9 Å². The van der Waals surface area contributed by atoms with Gasteiger partial charge < -0.3 is 9.80 Å². The first kappa shape index (κ1) is 14.5. The largest absolute Gasteiger partial charge is 0.321 e. The zero-order valence-corrected chi connectivity index (χ0v) is 13.0. The Morgan fingerprint density at radius 1 is 1.29 bits per heavy atom. The molecule has 0 saturated carbocycles. The van der Waals surface area contributed by atoms with Gasteiger partial charge in [-0.1, -0.05) is 37.3 Å². The van der Waals surface area contributed by atoms with Gasteiger partial charge in [-0.2, -0.15) is 0 Å². The van der Waals surface area contributed by atoms with E-state index in [0.29, 0.717) is 5.92 Å². The van der Waals surface area contributed by atoms with Crippen molar-refractivity contribution in [3.8, 4) is 0 Å². The molecule has 1 aromatic carbocycles. The van der Waals surface area contributed by atoms with Crippen molar-refractivity contribution in [3.63, 3.8) is 0 Å². The average Bonchev–Trinajstić information content (AvgIpc) is 3.08. The molecular weight excluding hydrogens is 262 g/mol. The Morgan fingerprint density at radius 3 is 2.71 bits per heavy atom. The third-order valence-electron chi connectivity index (χ3n) is 4.76. The zero-order chi connectivity index (χ0) is 14.8. The number of carbonyl (C=O) groups is 1. The fourth-order valence-electron chi connectivity index (χ4n) is 3.51. The predicted octanol–water partition coefficient (Wildman–Crippen LogP) is 1.85. The SMILES string of the molecule is CCN1CCC(CN2C(=O)C(C)NC2c2ccccc2)C1. The van der Waals surface area contributed by atoms with Crippen LogP contribution in [-0.2, 0) is 4.79 Å². The topological polar surface area (TPSA) is 35.6 Å². The molecule has 0 radical (unpaired) electrons. The van der Waals surface area contributed by atoms with Gasteiger partial charge in [0.15, 0.2) is 0 Å². The second-order valence-corrected chi connectivity index (χ2v) is 6.24. The second kappa shape index (κ2) is 6.16. The van der Waals surface area contributed by atoms with Crippen molar-refractivity contribution in [2.75, 3.05) is 26.2 Å². The fourth-order valence-corrected chi connectivity index (χ4v) is 3.51. The maximum atomic E-state index is 12.5. The first-order valence-corrected chi connectivity index (χ1v) is 8.03. The highest BCUT2D eigenvalue weighted by molar-refractivity contribution is 5.84. The molecule has 0 bridgehead atoms. The Bertz CT molecular complexity index is 490. The van der Waals surface area contributed by atoms with Gasteiger partial charge in [-0.15, -0.1) is 0 Å². The lowest BCUT2D eigenvalue weighted by molar-refractivity contribution is -0.130. The molecule has 0 aliphatic carbocycles. The second-order valence-electron chi connectivity index (χ2n) is 6.24. The number of likely N-dealkylation sites (tertiary alicyclic amines) is 1. The fraction of sp³-hybridized carbons (Fsp3) is 0.588. The summed E-state index contributed by atoms with van der Waals surface area (Å²) in [5, 5.41) is 3.43. The van der Waals surface area contributed by atoms with Crippen LogP contribution in [0.15, 0.2) is 30.3 Å². The van der Waals surface area contributed by atoms with E-state index < -0.39 is 0 Å². The van der Waals surface area contributed by atoms with E-state index in [1.165, 1.54) is 18.5 Å². The molecule has 21 heavy (non-hydrogen) atoms. The van der Waals surface area contributed by atoms with E-state index in [4.69, 9.17) is 0 Å². The summed E-state index contributed by atoms with van der Waals surface area (Å²) in [6, 6.07) is 10.2. The number of rotatable bonds is 4. The van der Waals surface area contributed by atoms with Crippen LogP contribution in [0.4, 0.5) is 0 Å². The molecule has 2 aliphatic heterocycles. The molecule has 4 heteroatoms. The lowest BCUT2D eigenvalue weighted by Crippen LogP contribution is -2.36. The average molecular weight is 287 g/mol. The Hall–Kier alpha value is -1.39. The summed E-state index contributed by atoms with van der Waals surface area (Å²) in [7, 11) is 0. The Morgan fingerprint density at radius 2 is 2.05 bits per heavy atom. The smallest absolute Gasteiger partial charge is 0.241 e. The molecule has 3 unspecified atom stereocenters. The number of nitrogens with zero attached hydrogens (tertiary/aromatic N) is 2. The van der Waals surface area contributed by atoms with E-state index in [1.807, 2.05) is 30.0 Å². The monoisotopic (exact) mass is 287 g/mol. The molecule has 1 N–H and O–H groups in total. The van der Waals surface area contributed by atoms with Crippen molar-refractivity contribution in [2.24, 2.45) is 5.92 Å². The summed E-state index contributed by atoms with van der Waals surface area (Å²) in [5.74, 6) is 0.839. The Kier molecular flexibility index (Phi) is 4.27. The van der Waals surface area contributed by atoms with Gasteiger partial charge in [0.1, 0.15) is 6.17 Å². The van der Waals surface area contributed by atoms with Crippen molar-refractivity contribution in [1.82, 2.24) is 15.1 Å². The minimum absolute atomic E-state index is 0.0318. The highest BCUT2D eigenvalue weighted by atomic mass is 16.2. The third kappa shape index (κ3) is 2.97. The number of carbonyl (C=O) groups excluding carboxylic acids is 1. The molecular formula is C17H25N3O. The number of benzene rings is 1. The summed E-state index contributed by atoms with van der Waals surface area (Å²) >= 11 is 0. The number of nitrogens with one attached hydrogen (secondary N) is 1. The number of hydrogen-bond acceptors (Lipinski definition) is 3. The summed E-state index contributed by atoms with van der Waals surface area (Å²) in [4.78, 5) is 17.0. The first-order valence-electron chi connectivity index (χ1n) is 8.03. The Balaban J connectivity index is 1.73. The maximum absolute atomic E-state index is 12.5. The van der Waals surface area contributed by atoms with Crippen LogP contribution in [0.3, 0.4) is 0 Å². The van der Waals surface area contributed by atoms with Crippen LogP contribution in [0.2, 0.25) is 0 Å². The van der Waals surface area contributed by atoms with Crippen molar-refractivity contribution in [2.45, 2.75) is 32.5 Å². The summed E-state index contributed by atoms with van der Waals surface area (Å²) in [6.07, 6.45) is 1.23. The van der Waals surface area contributed by atoms with Crippen LogP contribution in [0.5, 0.6) is 0 Å². The van der Waals surface area contributed by atoms with Crippen LogP contribution in [0.1, 0.15) is 32.0 Å². The van der Waals surface area contributed by atoms with Crippen molar-refractivity contribution in [1.29, 1.82) is 0 Å². The quantitative estimate of drug-likeness (QED) is 0.918. The van der Waals surface area contributed by atoms with Crippen LogP contribution in [0, 0.1) is 5.92 Å². The third-order valence-corrected chi connectivity index (χ3v) is 4.76. The van der Waals surface area contributed by atoms with Gasteiger partial charge in [-0.3, -0.25) is 10.1 Å². The first-order chi connectivity index (χ1) is 10.2. The predicted molar refractivity (Wildman–Crippen MR) is 83.7 cm³/mol. The lowest BCUT2D eigenvalue weighted by Gasteiger charge is -2.27. The van der Waals surface area contributed by atoms with Gasteiger partial charge in [0.2, 0.25) is 5.91 Å². The number of amides is 1. The standard InChI is InChI=1S/C17H25N3O/c1-3-19-10-9-14(11-19)12-20-16(18-13(2)17(20)21)15-7-5-4-6-8-15/h4-8,13-14,16,18H,3,9-12H2,1-2H3. The summed E-state index contributed by atoms with van der Waals surface area (Å²) in [6.45, 7) is 8.44. The van der Waals surface area contributed by atoms with Crippen LogP contribution in [0.25, 0.3) is 0 Å². The van der Waals surface area contributed by atoms with Gasteiger partial charge in [-0.25, -0.2) is 0 Å². The highest BCUT2D eigenvalue weighted by Gasteiger charge is 2.38. The van der Waals surface area contributed by atoms with E-state index >= 15 is 0 Å². The van der Waals surface area contributed by atoms with Crippen molar-refractivity contribution >= 4 is 5.91 Å². The molecule has 4 nitrogen and oxygen atoms in total. The summed E-state index contributed by atoms with van der Waals surface area (Å²) < 4.78 is 0. The lowest BCUT2D eigenvalue weighted by atomic mass is 10.1. The van der Waals surface area contributed by atoms with Gasteiger partial charge in [0, 0.05) is 13.1 Å². The molecule has 0 aromatic heterocycles. The minimum atomic E-state index is -0.0844. The number of hydrogen-bond donors (Lipinski definition) is 1. The molecule has 3 rings (SSSR count). The van der Waals surface area contributed by atoms with E-state index in [0.717, 1.165) is 19.6 Å². The highest BCUT2D eigenvalue weighted by Crippen LogP contribution is 2.28. The van der Waals surface area contributed by atoms with Crippen LogP contribution < -0.4 is 5.32 Å². The van der Waals surface area contributed by atoms with E-state index in [-0.39, 0.29) is 18.1 Å². The van der Waals surface area contributed by atoms with Gasteiger partial charge in [0.25, 0.3) is 0 Å².